The van der Waals surface area contributed by atoms with Crippen molar-refractivity contribution in [2.75, 3.05) is 5.32 Å². The monoisotopic (exact) mass is 415 g/mol. The van der Waals surface area contributed by atoms with E-state index in [1.165, 1.54) is 0 Å². The fourth-order valence-electron chi connectivity index (χ4n) is 2.36. The number of oxazole rings is 1. The highest BCUT2D eigenvalue weighted by molar-refractivity contribution is 6.52. The number of aromatic nitrogens is 2. The van der Waals surface area contributed by atoms with Crippen LogP contribution in [0.4, 0.5) is 5.69 Å². The van der Waals surface area contributed by atoms with E-state index in [1.807, 2.05) is 0 Å². The second-order valence-electron chi connectivity index (χ2n) is 5.66. The van der Waals surface area contributed by atoms with Gasteiger partial charge in [-0.1, -0.05) is 46.4 Å². The summed E-state index contributed by atoms with van der Waals surface area (Å²) in [6.45, 7) is 0. The summed E-state index contributed by atoms with van der Waals surface area (Å²) in [6, 6.07) is 5.17. The second kappa shape index (κ2) is 6.32. The fourth-order valence-corrected chi connectivity index (χ4v) is 3.17. The quantitative estimate of drug-likeness (QED) is 0.534. The molecule has 9 heteroatoms. The molecule has 128 valence electrons. The Morgan fingerprint density at radius 1 is 1.08 bits per heavy atom. The Morgan fingerprint density at radius 2 is 1.84 bits per heavy atom. The number of benzene rings is 1. The molecule has 1 aromatic carbocycles. The zero-order chi connectivity index (χ0) is 17.7. The number of nitrogens with zero attached hydrogens (tertiary/aromatic N) is 2. The highest BCUT2D eigenvalue weighted by Gasteiger charge is 2.29. The van der Waals surface area contributed by atoms with Crippen LogP contribution in [0.2, 0.25) is 20.2 Å². The number of carbonyl (C=O) groups excluding carboxylic acids is 1. The number of rotatable bonds is 3. The summed E-state index contributed by atoms with van der Waals surface area (Å²) < 4.78 is 5.69. The van der Waals surface area contributed by atoms with Gasteiger partial charge in [-0.05, 0) is 31.0 Å². The molecule has 4 rings (SSSR count). The van der Waals surface area contributed by atoms with E-state index in [2.05, 4.69) is 15.3 Å². The van der Waals surface area contributed by atoms with E-state index < -0.39 is 5.91 Å². The van der Waals surface area contributed by atoms with Gasteiger partial charge in [0.2, 0.25) is 0 Å². The molecule has 0 bridgehead atoms. The maximum Gasteiger partial charge on any atom is 0.275 e. The van der Waals surface area contributed by atoms with E-state index in [9.17, 15) is 4.79 Å². The lowest BCUT2D eigenvalue weighted by Crippen LogP contribution is -2.14. The Morgan fingerprint density at radius 3 is 2.56 bits per heavy atom. The molecule has 0 spiro atoms. The minimum atomic E-state index is -0.560. The van der Waals surface area contributed by atoms with Crippen molar-refractivity contribution in [2.24, 2.45) is 0 Å². The number of amides is 1. The minimum Gasteiger partial charge on any atom is -0.440 e. The van der Waals surface area contributed by atoms with Gasteiger partial charge in [0.1, 0.15) is 16.4 Å². The standard InChI is InChI=1S/C16H9Cl4N3O2/c17-10-11(18)13(23-14(20)12(10)19)15(24)21-7-3-4-9-8(5-7)22-16(25-9)6-1-2-6/h3-6H,1-2H2,(H,21,24). The lowest BCUT2D eigenvalue weighted by atomic mass is 10.2. The van der Waals surface area contributed by atoms with Crippen molar-refractivity contribution in [3.63, 3.8) is 0 Å². The SMILES string of the molecule is O=C(Nc1ccc2oc(C3CC3)nc2c1)c1nc(Cl)c(Cl)c(Cl)c1Cl. The molecule has 0 radical (unpaired) electrons. The number of anilines is 1. The van der Waals surface area contributed by atoms with Crippen LogP contribution < -0.4 is 5.32 Å². The van der Waals surface area contributed by atoms with Crippen LogP contribution in [0.25, 0.3) is 11.1 Å². The van der Waals surface area contributed by atoms with Crippen LogP contribution in [0.15, 0.2) is 22.6 Å². The molecule has 1 N–H and O–H groups in total. The first-order valence-electron chi connectivity index (χ1n) is 7.36. The van der Waals surface area contributed by atoms with Gasteiger partial charge in [-0.15, -0.1) is 0 Å². The number of halogens is 4. The Balaban J connectivity index is 1.63. The van der Waals surface area contributed by atoms with Crippen molar-refractivity contribution in [1.82, 2.24) is 9.97 Å². The third-order valence-electron chi connectivity index (χ3n) is 3.79. The lowest BCUT2D eigenvalue weighted by molar-refractivity contribution is 0.102. The summed E-state index contributed by atoms with van der Waals surface area (Å²) in [6.07, 6.45) is 2.19. The topological polar surface area (TPSA) is 68.0 Å². The maximum atomic E-state index is 12.4. The normalized spacial score (nSPS) is 14.1. The molecule has 1 saturated carbocycles. The molecule has 25 heavy (non-hydrogen) atoms. The molecule has 0 atom stereocenters. The van der Waals surface area contributed by atoms with Crippen LogP contribution in [-0.2, 0) is 0 Å². The fraction of sp³-hybridized carbons (Fsp3) is 0.188. The van der Waals surface area contributed by atoms with Crippen LogP contribution in [0.3, 0.4) is 0 Å². The Kier molecular flexibility index (Phi) is 4.28. The van der Waals surface area contributed by atoms with Gasteiger partial charge in [-0.25, -0.2) is 9.97 Å². The molecular weight excluding hydrogens is 408 g/mol. The smallest absolute Gasteiger partial charge is 0.275 e. The molecule has 1 aliphatic carbocycles. The van der Waals surface area contributed by atoms with Crippen molar-refractivity contribution < 1.29 is 9.21 Å². The highest BCUT2D eigenvalue weighted by atomic mass is 35.5. The zero-order valence-corrected chi connectivity index (χ0v) is 15.5. The van der Waals surface area contributed by atoms with E-state index in [1.54, 1.807) is 18.2 Å². The van der Waals surface area contributed by atoms with Gasteiger partial charge in [0.05, 0.1) is 15.1 Å². The highest BCUT2D eigenvalue weighted by Crippen LogP contribution is 2.41. The molecule has 5 nitrogen and oxygen atoms in total. The molecular formula is C16H9Cl4N3O2. The van der Waals surface area contributed by atoms with Crippen LogP contribution in [0.1, 0.15) is 35.1 Å². The average molecular weight is 417 g/mol. The van der Waals surface area contributed by atoms with Crippen LogP contribution in [0.5, 0.6) is 0 Å². The summed E-state index contributed by atoms with van der Waals surface area (Å²) in [4.78, 5) is 20.8. The second-order valence-corrected chi connectivity index (χ2v) is 7.15. The molecule has 0 aliphatic heterocycles. The van der Waals surface area contributed by atoms with E-state index in [0.717, 1.165) is 18.7 Å². The number of pyridine rings is 1. The van der Waals surface area contributed by atoms with Gasteiger partial charge >= 0.3 is 0 Å². The van der Waals surface area contributed by atoms with E-state index in [0.29, 0.717) is 22.7 Å². The third-order valence-corrected chi connectivity index (χ3v) is 5.47. The van der Waals surface area contributed by atoms with Crippen molar-refractivity contribution in [1.29, 1.82) is 0 Å². The van der Waals surface area contributed by atoms with Gasteiger partial charge in [-0.2, -0.15) is 0 Å². The number of carbonyl (C=O) groups is 1. The van der Waals surface area contributed by atoms with Gasteiger partial charge < -0.3 is 9.73 Å². The van der Waals surface area contributed by atoms with Crippen molar-refractivity contribution in [2.45, 2.75) is 18.8 Å². The maximum absolute atomic E-state index is 12.4. The first kappa shape index (κ1) is 16.9. The molecule has 0 saturated heterocycles. The molecule has 2 heterocycles. The largest absolute Gasteiger partial charge is 0.440 e. The summed E-state index contributed by atoms with van der Waals surface area (Å²) in [5.74, 6) is 0.585. The van der Waals surface area contributed by atoms with Crippen molar-refractivity contribution in [3.05, 3.63) is 50.0 Å². The molecule has 2 aromatic heterocycles. The summed E-state index contributed by atoms with van der Waals surface area (Å²) in [7, 11) is 0. The van der Waals surface area contributed by atoms with Crippen molar-refractivity contribution in [3.8, 4) is 0 Å². The number of fused-ring (bicyclic) bond motifs is 1. The summed E-state index contributed by atoms with van der Waals surface area (Å²) >= 11 is 23.7. The molecule has 1 fully saturated rings. The van der Waals surface area contributed by atoms with Crippen LogP contribution in [0, 0.1) is 0 Å². The Labute approximate surface area is 162 Å². The number of hydrogen-bond acceptors (Lipinski definition) is 4. The van der Waals surface area contributed by atoms with E-state index in [-0.39, 0.29) is 25.9 Å². The number of nitrogens with one attached hydrogen (secondary N) is 1. The molecule has 1 amide bonds. The molecule has 0 unspecified atom stereocenters. The third kappa shape index (κ3) is 3.17. The first-order valence-corrected chi connectivity index (χ1v) is 8.87. The van der Waals surface area contributed by atoms with Crippen molar-refractivity contribution >= 4 is 69.1 Å². The van der Waals surface area contributed by atoms with Gasteiger partial charge in [0, 0.05) is 11.6 Å². The minimum absolute atomic E-state index is 0.00139. The lowest BCUT2D eigenvalue weighted by Gasteiger charge is -2.09. The zero-order valence-electron chi connectivity index (χ0n) is 12.4. The molecule has 1 aliphatic rings. The van der Waals surface area contributed by atoms with E-state index >= 15 is 0 Å². The summed E-state index contributed by atoms with van der Waals surface area (Å²) in [5, 5.41) is 2.52. The van der Waals surface area contributed by atoms with Gasteiger partial charge in [0.25, 0.3) is 5.91 Å². The van der Waals surface area contributed by atoms with E-state index in [4.69, 9.17) is 50.8 Å². The number of hydrogen-bond donors (Lipinski definition) is 1. The van der Waals surface area contributed by atoms with Gasteiger partial charge in [-0.3, -0.25) is 4.79 Å². The van der Waals surface area contributed by atoms with Crippen LogP contribution >= 0.6 is 46.4 Å². The average Bonchev–Trinajstić information content (AvgIpc) is 3.35. The molecule has 3 aromatic rings. The predicted octanol–water partition coefficient (Wildman–Crippen LogP) is 5.97. The summed E-state index contributed by atoms with van der Waals surface area (Å²) in [5.41, 5.74) is 1.76. The first-order chi connectivity index (χ1) is 11.9. The predicted molar refractivity (Wildman–Crippen MR) is 98.2 cm³/mol. The van der Waals surface area contributed by atoms with Gasteiger partial charge in [0.15, 0.2) is 11.5 Å². The Bertz CT molecular complexity index is 1010. The Hall–Kier alpha value is -1.53. The van der Waals surface area contributed by atoms with Crippen LogP contribution in [-0.4, -0.2) is 15.9 Å².